The number of hydrogen-bond acceptors (Lipinski definition) is 5. The molecule has 0 heterocycles. The monoisotopic (exact) mass is 447 g/mol. The second-order valence-electron chi connectivity index (χ2n) is 9.66. The largest absolute Gasteiger partial charge is 0.477 e. The summed E-state index contributed by atoms with van der Waals surface area (Å²) < 4.78 is 25.4. The van der Waals surface area contributed by atoms with Crippen molar-refractivity contribution in [3.05, 3.63) is 29.0 Å². The van der Waals surface area contributed by atoms with E-state index >= 15 is 0 Å². The quantitative estimate of drug-likeness (QED) is 0.311. The lowest BCUT2D eigenvalue weighted by Gasteiger charge is -2.59. The van der Waals surface area contributed by atoms with Gasteiger partial charge in [-0.25, -0.2) is 4.39 Å². The number of carbonyl (C=O) groups is 1. The lowest BCUT2D eigenvalue weighted by Crippen LogP contribution is -2.63. The molecule has 166 valence electrons. The van der Waals surface area contributed by atoms with Crippen LogP contribution in [0.5, 0.6) is 5.75 Å². The van der Waals surface area contributed by atoms with Crippen LogP contribution in [0.25, 0.3) is 0 Å². The predicted octanol–water partition coefficient (Wildman–Crippen LogP) is 4.47. The number of aliphatic imine (C=N–C) groups is 1. The molecule has 1 aromatic carbocycles. The molecule has 2 atom stereocenters. The summed E-state index contributed by atoms with van der Waals surface area (Å²) in [5, 5.41) is 13.0. The van der Waals surface area contributed by atoms with Crippen molar-refractivity contribution in [3.8, 4) is 11.9 Å². The van der Waals surface area contributed by atoms with E-state index < -0.39 is 11.4 Å². The van der Waals surface area contributed by atoms with Crippen molar-refractivity contribution in [1.29, 1.82) is 5.26 Å². The molecule has 1 aromatic rings. The number of ether oxygens (including phenoxy) is 2. The standard InChI is InChI=1S/C23H27ClFN3O3/c1-22(2,31-18-5-4-16(24)8-17(18)25)20(27-12-26)28-19-14-6-13-7-15(19)11-23(9-13,10-14)21(29)30-3/h4-5,8,13-15,19H,6-7,9-11H2,1-3H3,(H,27,28). The molecule has 0 aromatic heterocycles. The first-order valence-electron chi connectivity index (χ1n) is 10.6. The minimum Gasteiger partial charge on any atom is -0.477 e. The zero-order valence-corrected chi connectivity index (χ0v) is 18.7. The summed E-state index contributed by atoms with van der Waals surface area (Å²) in [6.45, 7) is 3.49. The SMILES string of the molecule is COC(=O)C12CC3CC(C1)C(N/C(=N/C#N)C(C)(C)Oc1ccc(Cl)cc1F)C(C3)C2. The van der Waals surface area contributed by atoms with Gasteiger partial charge in [0.2, 0.25) is 6.19 Å². The maximum Gasteiger partial charge on any atom is 0.311 e. The van der Waals surface area contributed by atoms with Crippen LogP contribution in [0, 0.1) is 40.4 Å². The second kappa shape index (κ2) is 7.98. The molecule has 4 saturated carbocycles. The van der Waals surface area contributed by atoms with Crippen LogP contribution < -0.4 is 10.1 Å². The van der Waals surface area contributed by atoms with E-state index in [9.17, 15) is 14.4 Å². The van der Waals surface area contributed by atoms with E-state index in [-0.39, 0.29) is 40.0 Å². The van der Waals surface area contributed by atoms with Crippen LogP contribution in [-0.2, 0) is 9.53 Å². The number of rotatable bonds is 5. The number of hydrogen-bond donors (Lipinski definition) is 1. The summed E-state index contributed by atoms with van der Waals surface area (Å²) in [5.41, 5.74) is -1.45. The number of nitrogens with one attached hydrogen (secondary N) is 1. The molecule has 1 N–H and O–H groups in total. The van der Waals surface area contributed by atoms with E-state index in [1.54, 1.807) is 19.9 Å². The van der Waals surface area contributed by atoms with E-state index in [4.69, 9.17) is 21.1 Å². The van der Waals surface area contributed by atoms with Gasteiger partial charge in [-0.1, -0.05) is 11.6 Å². The summed E-state index contributed by atoms with van der Waals surface area (Å²) in [5.74, 6) is 0.822. The summed E-state index contributed by atoms with van der Waals surface area (Å²) in [6, 6.07) is 4.28. The molecule has 8 heteroatoms. The molecule has 0 radical (unpaired) electrons. The first-order chi connectivity index (χ1) is 14.7. The Balaban J connectivity index is 1.55. The smallest absolute Gasteiger partial charge is 0.311 e. The predicted molar refractivity (Wildman–Crippen MR) is 114 cm³/mol. The third-order valence-electron chi connectivity index (χ3n) is 7.19. The Bertz CT molecular complexity index is 942. The average molecular weight is 448 g/mol. The molecule has 2 unspecified atom stereocenters. The third kappa shape index (κ3) is 3.98. The van der Waals surface area contributed by atoms with Crippen molar-refractivity contribution >= 4 is 23.4 Å². The molecule has 4 bridgehead atoms. The van der Waals surface area contributed by atoms with Gasteiger partial charge in [0, 0.05) is 11.1 Å². The molecule has 4 aliphatic rings. The zero-order valence-electron chi connectivity index (χ0n) is 18.0. The molecule has 31 heavy (non-hydrogen) atoms. The van der Waals surface area contributed by atoms with Crippen LogP contribution in [-0.4, -0.2) is 30.6 Å². The topological polar surface area (TPSA) is 83.7 Å². The van der Waals surface area contributed by atoms with Crippen molar-refractivity contribution in [2.75, 3.05) is 7.11 Å². The fourth-order valence-electron chi connectivity index (χ4n) is 6.16. The second-order valence-corrected chi connectivity index (χ2v) is 10.1. The van der Waals surface area contributed by atoms with Crippen molar-refractivity contribution in [1.82, 2.24) is 5.32 Å². The maximum absolute atomic E-state index is 14.3. The Morgan fingerprint density at radius 2 is 2.00 bits per heavy atom. The maximum atomic E-state index is 14.3. The highest BCUT2D eigenvalue weighted by atomic mass is 35.5. The number of benzene rings is 1. The highest BCUT2D eigenvalue weighted by Gasteiger charge is 2.59. The van der Waals surface area contributed by atoms with Gasteiger partial charge in [0.15, 0.2) is 23.0 Å². The summed E-state index contributed by atoms with van der Waals surface area (Å²) in [4.78, 5) is 16.5. The number of methoxy groups -OCH3 is 1. The van der Waals surface area contributed by atoms with Gasteiger partial charge in [0.1, 0.15) is 0 Å². The molecule has 0 saturated heterocycles. The van der Waals surface area contributed by atoms with Crippen molar-refractivity contribution in [2.24, 2.45) is 28.2 Å². The molecule has 6 nitrogen and oxygen atoms in total. The van der Waals surface area contributed by atoms with Crippen LogP contribution in [0.2, 0.25) is 5.02 Å². The summed E-state index contributed by atoms with van der Waals surface area (Å²) >= 11 is 5.84. The number of nitriles is 1. The number of amidine groups is 1. The first kappa shape index (κ1) is 21.9. The normalized spacial score (nSPS) is 31.8. The number of carbonyl (C=O) groups excluding carboxylic acids is 1. The number of nitrogens with zero attached hydrogens (tertiary/aromatic N) is 2. The van der Waals surface area contributed by atoms with E-state index in [1.165, 1.54) is 19.2 Å². The number of halogens is 2. The first-order valence-corrected chi connectivity index (χ1v) is 11.0. The molecular weight excluding hydrogens is 421 g/mol. The fraction of sp³-hybridized carbons (Fsp3) is 0.609. The van der Waals surface area contributed by atoms with Crippen molar-refractivity contribution < 1.29 is 18.7 Å². The zero-order chi connectivity index (χ0) is 22.4. The van der Waals surface area contributed by atoms with Crippen LogP contribution >= 0.6 is 11.6 Å². The van der Waals surface area contributed by atoms with E-state index in [0.717, 1.165) is 32.1 Å². The molecule has 5 rings (SSSR count). The van der Waals surface area contributed by atoms with Crippen molar-refractivity contribution in [2.45, 2.75) is 57.6 Å². The average Bonchev–Trinajstić information content (AvgIpc) is 2.70. The van der Waals surface area contributed by atoms with Gasteiger partial charge in [-0.3, -0.25) is 4.79 Å². The lowest BCUT2D eigenvalue weighted by molar-refractivity contribution is -0.170. The highest BCUT2D eigenvalue weighted by Crippen LogP contribution is 2.60. The Hall–Kier alpha value is -2.33. The molecule has 4 aliphatic carbocycles. The van der Waals surface area contributed by atoms with Gasteiger partial charge in [0.05, 0.1) is 12.5 Å². The molecule has 0 spiro atoms. The van der Waals surface area contributed by atoms with Crippen LogP contribution in [0.1, 0.15) is 46.0 Å². The Morgan fingerprint density at radius 1 is 1.32 bits per heavy atom. The summed E-state index contributed by atoms with van der Waals surface area (Å²) in [7, 11) is 1.46. The molecule has 0 amide bonds. The molecule has 4 fully saturated rings. The van der Waals surface area contributed by atoms with Crippen LogP contribution in [0.3, 0.4) is 0 Å². The Labute approximate surface area is 186 Å². The fourth-order valence-corrected chi connectivity index (χ4v) is 6.32. The third-order valence-corrected chi connectivity index (χ3v) is 7.42. The molecular formula is C23H27ClFN3O3. The lowest BCUT2D eigenvalue weighted by atomic mass is 9.48. The van der Waals surface area contributed by atoms with Crippen LogP contribution in [0.4, 0.5) is 4.39 Å². The number of esters is 1. The van der Waals surface area contributed by atoms with Gasteiger partial charge < -0.3 is 14.8 Å². The van der Waals surface area contributed by atoms with E-state index in [2.05, 4.69) is 10.3 Å². The minimum absolute atomic E-state index is 0.0385. The summed E-state index contributed by atoms with van der Waals surface area (Å²) in [6.07, 6.45) is 6.39. The van der Waals surface area contributed by atoms with Gasteiger partial charge in [-0.05, 0) is 81.9 Å². The van der Waals surface area contributed by atoms with Gasteiger partial charge in [0.25, 0.3) is 0 Å². The highest BCUT2D eigenvalue weighted by molar-refractivity contribution is 6.30. The van der Waals surface area contributed by atoms with Gasteiger partial charge in [-0.2, -0.15) is 10.3 Å². The van der Waals surface area contributed by atoms with Crippen LogP contribution in [0.15, 0.2) is 23.2 Å². The van der Waals surface area contributed by atoms with Crippen molar-refractivity contribution in [3.63, 3.8) is 0 Å². The Morgan fingerprint density at radius 3 is 2.58 bits per heavy atom. The minimum atomic E-state index is -1.07. The van der Waals surface area contributed by atoms with E-state index in [0.29, 0.717) is 11.8 Å². The Kier molecular flexibility index (Phi) is 5.63. The van der Waals surface area contributed by atoms with E-state index in [1.807, 2.05) is 6.19 Å². The molecule has 0 aliphatic heterocycles. The van der Waals surface area contributed by atoms with Gasteiger partial charge in [-0.15, -0.1) is 0 Å². The van der Waals surface area contributed by atoms with Gasteiger partial charge >= 0.3 is 5.97 Å².